The van der Waals surface area contributed by atoms with Crippen molar-refractivity contribution in [1.82, 2.24) is 0 Å². The molecule has 0 aliphatic carbocycles. The summed E-state index contributed by atoms with van der Waals surface area (Å²) in [6.45, 7) is 9.55. The van der Waals surface area contributed by atoms with E-state index in [2.05, 4.69) is 26.6 Å². The molecule has 0 rings (SSSR count). The molecule has 0 atom stereocenters. The Labute approximate surface area is 49.9 Å². The molecular weight excluding hydrogens is 116 g/mol. The zero-order valence-electron chi connectivity index (χ0n) is 5.71. The number of hydrogen-bond acceptors (Lipinski definition) is 0. The fourth-order valence-electron chi connectivity index (χ4n) is 0.530. The Kier molecular flexibility index (Phi) is 2.84. The first-order chi connectivity index (χ1) is 3.06. The minimum Gasteiger partial charge on any atom is -0.0719 e. The zero-order chi connectivity index (χ0) is 5.91. The first-order valence-electron chi connectivity index (χ1n) is 2.81. The van der Waals surface area contributed by atoms with Crippen molar-refractivity contribution in [3.05, 3.63) is 0 Å². The Hall–Kier alpha value is 0.434. The summed E-state index contributed by atoms with van der Waals surface area (Å²) in [7, 11) is 0.634. The Morgan fingerprint density at radius 2 is 1.71 bits per heavy atom. The summed E-state index contributed by atoms with van der Waals surface area (Å²) in [6, 6.07) is 1.40. The standard InChI is InChI=1S/C5H14Si2/c1-5-6-7(2,3)4/h5H2,1-4H3. The highest BCUT2D eigenvalue weighted by atomic mass is 29.2. The van der Waals surface area contributed by atoms with Crippen molar-refractivity contribution in [1.29, 1.82) is 0 Å². The van der Waals surface area contributed by atoms with E-state index < -0.39 is 7.59 Å². The van der Waals surface area contributed by atoms with Crippen LogP contribution in [0.3, 0.4) is 0 Å². The summed E-state index contributed by atoms with van der Waals surface area (Å²) in [5.41, 5.74) is 0. The second-order valence-corrected chi connectivity index (χ2v) is 13.9. The molecule has 0 spiro atoms. The monoisotopic (exact) mass is 130 g/mol. The van der Waals surface area contributed by atoms with Gasteiger partial charge in [0.2, 0.25) is 0 Å². The van der Waals surface area contributed by atoms with E-state index in [9.17, 15) is 0 Å². The van der Waals surface area contributed by atoms with Gasteiger partial charge in [-0.3, -0.25) is 0 Å². The second-order valence-electron chi connectivity index (χ2n) is 2.78. The van der Waals surface area contributed by atoms with Gasteiger partial charge in [0, 0.05) is 16.6 Å². The third kappa shape index (κ3) is 6.43. The predicted octanol–water partition coefficient (Wildman–Crippen LogP) is 1.96. The van der Waals surface area contributed by atoms with Gasteiger partial charge in [0.1, 0.15) is 0 Å². The molecule has 0 nitrogen and oxygen atoms in total. The van der Waals surface area contributed by atoms with Gasteiger partial charge < -0.3 is 0 Å². The van der Waals surface area contributed by atoms with Gasteiger partial charge in [-0.15, -0.1) is 0 Å². The normalized spacial score (nSPS) is 12.0. The molecule has 7 heavy (non-hydrogen) atoms. The summed E-state index contributed by atoms with van der Waals surface area (Å²) in [5.74, 6) is 0. The first-order valence-corrected chi connectivity index (χ1v) is 8.52. The number of hydrogen-bond donors (Lipinski definition) is 0. The van der Waals surface area contributed by atoms with E-state index in [-0.39, 0.29) is 0 Å². The van der Waals surface area contributed by atoms with Gasteiger partial charge in [0.05, 0.1) is 0 Å². The topological polar surface area (TPSA) is 0 Å². The highest BCUT2D eigenvalue weighted by molar-refractivity contribution is 7.22. The summed E-state index contributed by atoms with van der Waals surface area (Å²) < 4.78 is 0. The van der Waals surface area contributed by atoms with Gasteiger partial charge in [-0.1, -0.05) is 32.6 Å². The molecule has 0 aliphatic rings. The average molecular weight is 130 g/mol. The Bertz CT molecular complexity index is 44.5. The van der Waals surface area contributed by atoms with E-state index in [0.717, 1.165) is 0 Å². The van der Waals surface area contributed by atoms with Gasteiger partial charge >= 0.3 is 0 Å². The lowest BCUT2D eigenvalue weighted by Crippen LogP contribution is -2.28. The van der Waals surface area contributed by atoms with Gasteiger partial charge in [-0.05, 0) is 0 Å². The van der Waals surface area contributed by atoms with Crippen molar-refractivity contribution in [3.8, 4) is 0 Å². The van der Waals surface area contributed by atoms with E-state index >= 15 is 0 Å². The predicted molar refractivity (Wildman–Crippen MR) is 39.6 cm³/mol. The van der Waals surface area contributed by atoms with E-state index in [0.29, 0.717) is 0 Å². The van der Waals surface area contributed by atoms with Gasteiger partial charge in [0.25, 0.3) is 0 Å². The van der Waals surface area contributed by atoms with Crippen LogP contribution in [0.25, 0.3) is 0 Å². The summed E-state index contributed by atoms with van der Waals surface area (Å²) in [4.78, 5) is 0. The van der Waals surface area contributed by atoms with Crippen LogP contribution in [0.1, 0.15) is 6.92 Å². The van der Waals surface area contributed by atoms with Gasteiger partial charge in [-0.2, -0.15) is 0 Å². The summed E-state index contributed by atoms with van der Waals surface area (Å²) in [6.07, 6.45) is 0. The van der Waals surface area contributed by atoms with Crippen LogP contribution in [0.15, 0.2) is 0 Å². The molecule has 0 aromatic rings. The van der Waals surface area contributed by atoms with Crippen LogP contribution in [0.5, 0.6) is 0 Å². The van der Waals surface area contributed by atoms with Crippen molar-refractivity contribution in [3.63, 3.8) is 0 Å². The minimum atomic E-state index is -0.629. The molecule has 0 aliphatic heterocycles. The maximum Gasteiger partial charge on any atom is 0.0326 e. The molecule has 0 unspecified atom stereocenters. The Balaban J connectivity index is 3.15. The molecule has 0 saturated heterocycles. The molecule has 0 aromatic carbocycles. The largest absolute Gasteiger partial charge is 0.0719 e. The molecule has 0 saturated carbocycles. The van der Waals surface area contributed by atoms with Crippen molar-refractivity contribution in [2.45, 2.75) is 32.6 Å². The van der Waals surface area contributed by atoms with Crippen LogP contribution in [0.4, 0.5) is 0 Å². The molecule has 0 N–H and O–H groups in total. The molecule has 0 heterocycles. The van der Waals surface area contributed by atoms with E-state index in [1.54, 1.807) is 0 Å². The molecule has 2 heteroatoms. The van der Waals surface area contributed by atoms with Crippen LogP contribution in [-0.2, 0) is 0 Å². The average Bonchev–Trinajstić information content (AvgIpc) is 1.30. The SMILES string of the molecule is CC[Si][Si](C)(C)C. The van der Waals surface area contributed by atoms with Crippen LogP contribution in [0.2, 0.25) is 25.7 Å². The maximum absolute atomic E-state index is 2.43. The Morgan fingerprint density at radius 3 is 1.71 bits per heavy atom. The minimum absolute atomic E-state index is 0.629. The van der Waals surface area contributed by atoms with Gasteiger partial charge in [0.15, 0.2) is 0 Å². The molecule has 42 valence electrons. The van der Waals surface area contributed by atoms with Crippen LogP contribution in [0, 0.1) is 0 Å². The Morgan fingerprint density at radius 1 is 1.29 bits per heavy atom. The van der Waals surface area contributed by atoms with E-state index in [4.69, 9.17) is 0 Å². The molecule has 2 radical (unpaired) electrons. The van der Waals surface area contributed by atoms with E-state index in [1.807, 2.05) is 0 Å². The first kappa shape index (κ1) is 7.43. The van der Waals surface area contributed by atoms with Crippen LogP contribution >= 0.6 is 0 Å². The lowest BCUT2D eigenvalue weighted by Gasteiger charge is -2.11. The highest BCUT2D eigenvalue weighted by Gasteiger charge is 2.10. The second kappa shape index (κ2) is 2.67. The quantitative estimate of drug-likeness (QED) is 0.501. The third-order valence-electron chi connectivity index (χ3n) is 0.707. The molecule has 0 bridgehead atoms. The molecule has 0 amide bonds. The van der Waals surface area contributed by atoms with Crippen molar-refractivity contribution in [2.75, 3.05) is 0 Å². The van der Waals surface area contributed by atoms with Crippen molar-refractivity contribution in [2.24, 2.45) is 0 Å². The van der Waals surface area contributed by atoms with Crippen molar-refractivity contribution >= 4 is 16.6 Å². The smallest absolute Gasteiger partial charge is 0.0326 e. The fraction of sp³-hybridized carbons (Fsp3) is 1.00. The van der Waals surface area contributed by atoms with Gasteiger partial charge in [-0.25, -0.2) is 0 Å². The third-order valence-corrected chi connectivity index (χ3v) is 6.36. The van der Waals surface area contributed by atoms with Crippen LogP contribution < -0.4 is 0 Å². The van der Waals surface area contributed by atoms with Crippen LogP contribution in [-0.4, -0.2) is 16.6 Å². The molecule has 0 aromatic heterocycles. The lowest BCUT2D eigenvalue weighted by molar-refractivity contribution is 1.46. The fourth-order valence-corrected chi connectivity index (χ4v) is 4.77. The van der Waals surface area contributed by atoms with E-state index in [1.165, 1.54) is 15.1 Å². The summed E-state index contributed by atoms with van der Waals surface area (Å²) >= 11 is 0. The zero-order valence-corrected chi connectivity index (χ0v) is 7.71. The molecule has 0 fully saturated rings. The summed E-state index contributed by atoms with van der Waals surface area (Å²) in [5, 5.41) is 0. The maximum atomic E-state index is 2.43. The van der Waals surface area contributed by atoms with Crippen molar-refractivity contribution < 1.29 is 0 Å². The number of rotatable bonds is 2. The lowest BCUT2D eigenvalue weighted by atomic mass is 11.0. The highest BCUT2D eigenvalue weighted by Crippen LogP contribution is 1.98. The molecular formula is C5H14Si2.